The summed E-state index contributed by atoms with van der Waals surface area (Å²) in [4.78, 5) is 0. The smallest absolute Gasteiger partial charge is 0.362 e. The maximum absolute atomic E-state index is 6.37. The van der Waals surface area contributed by atoms with Crippen molar-refractivity contribution in [1.82, 2.24) is 0 Å². The lowest BCUT2D eigenvalue weighted by Crippen LogP contribution is -2.50. The van der Waals surface area contributed by atoms with Gasteiger partial charge >= 0.3 is 6.92 Å². The van der Waals surface area contributed by atoms with Crippen molar-refractivity contribution in [2.45, 2.75) is 54.9 Å². The van der Waals surface area contributed by atoms with Gasteiger partial charge in [0.2, 0.25) is 0 Å². The molecule has 0 saturated carbocycles. The van der Waals surface area contributed by atoms with Gasteiger partial charge in [-0.05, 0) is 58.9 Å². The molecule has 2 aromatic rings. The zero-order chi connectivity index (χ0) is 17.1. The predicted molar refractivity (Wildman–Crippen MR) is 103 cm³/mol. The van der Waals surface area contributed by atoms with E-state index in [2.05, 4.69) is 72.7 Å². The summed E-state index contributed by atoms with van der Waals surface area (Å²) in [5.41, 5.74) is 10.6. The van der Waals surface area contributed by atoms with Crippen LogP contribution >= 0.6 is 0 Å². The molecule has 0 aliphatic rings. The minimum atomic E-state index is 0.0242. The Morgan fingerprint density at radius 1 is 0.696 bits per heavy atom. The summed E-state index contributed by atoms with van der Waals surface area (Å²) in [6, 6.07) is 9.07. The van der Waals surface area contributed by atoms with Crippen molar-refractivity contribution in [3.8, 4) is 0 Å². The van der Waals surface area contributed by atoms with Gasteiger partial charge in [0, 0.05) is 6.61 Å². The molecular weight excluding hydrogens is 279 g/mol. The van der Waals surface area contributed by atoms with E-state index < -0.39 is 0 Å². The first-order valence-electron chi connectivity index (χ1n) is 8.62. The zero-order valence-corrected chi connectivity index (χ0v) is 15.7. The Morgan fingerprint density at radius 3 is 1.35 bits per heavy atom. The quantitative estimate of drug-likeness (QED) is 0.757. The van der Waals surface area contributed by atoms with E-state index in [4.69, 9.17) is 4.65 Å². The fraction of sp³-hybridized carbons (Fsp3) is 0.429. The summed E-state index contributed by atoms with van der Waals surface area (Å²) in [6.45, 7) is 16.1. The summed E-state index contributed by atoms with van der Waals surface area (Å²) in [6.07, 6.45) is 1.03. The van der Waals surface area contributed by atoms with Gasteiger partial charge in [-0.25, -0.2) is 0 Å². The highest BCUT2D eigenvalue weighted by atomic mass is 16.4. The Kier molecular flexibility index (Phi) is 5.70. The minimum absolute atomic E-state index is 0.0242. The fourth-order valence-corrected chi connectivity index (χ4v) is 3.76. The molecule has 1 nitrogen and oxygen atoms in total. The van der Waals surface area contributed by atoms with Crippen LogP contribution in [0.1, 0.15) is 46.7 Å². The lowest BCUT2D eigenvalue weighted by Gasteiger charge is -2.23. The summed E-state index contributed by atoms with van der Waals surface area (Å²) in [7, 11) is 0. The molecule has 0 aliphatic carbocycles. The first-order chi connectivity index (χ1) is 10.8. The maximum Gasteiger partial charge on any atom is 0.362 e. The van der Waals surface area contributed by atoms with Crippen LogP contribution < -0.4 is 10.9 Å². The SMILES string of the molecule is CCCOB(c1c(C)cc(C)cc1C)c1c(C)cc(C)cc1C. The van der Waals surface area contributed by atoms with Gasteiger partial charge in [-0.3, -0.25) is 0 Å². The Hall–Kier alpha value is -1.54. The topological polar surface area (TPSA) is 9.23 Å². The van der Waals surface area contributed by atoms with Crippen LogP contribution in [-0.4, -0.2) is 13.5 Å². The van der Waals surface area contributed by atoms with Crippen molar-refractivity contribution in [2.24, 2.45) is 0 Å². The van der Waals surface area contributed by atoms with Gasteiger partial charge in [-0.15, -0.1) is 0 Å². The van der Waals surface area contributed by atoms with Gasteiger partial charge in [0.15, 0.2) is 0 Å². The van der Waals surface area contributed by atoms with Crippen molar-refractivity contribution in [1.29, 1.82) is 0 Å². The second-order valence-corrected chi connectivity index (χ2v) is 6.88. The Morgan fingerprint density at radius 2 is 1.04 bits per heavy atom. The molecule has 122 valence electrons. The summed E-state index contributed by atoms with van der Waals surface area (Å²) >= 11 is 0. The summed E-state index contributed by atoms with van der Waals surface area (Å²) < 4.78 is 6.37. The van der Waals surface area contributed by atoms with E-state index >= 15 is 0 Å². The standard InChI is InChI=1S/C21H29BO/c1-8-9-23-22(20-16(4)10-14(2)11-17(20)5)21-18(6)12-15(3)13-19(21)7/h10-13H,8-9H2,1-7H3. The van der Waals surface area contributed by atoms with Crippen molar-refractivity contribution in [3.05, 3.63) is 57.6 Å². The highest BCUT2D eigenvalue weighted by molar-refractivity contribution is 6.81. The normalized spacial score (nSPS) is 10.9. The molecule has 0 saturated heterocycles. The highest BCUT2D eigenvalue weighted by Crippen LogP contribution is 2.13. The van der Waals surface area contributed by atoms with Crippen LogP contribution in [-0.2, 0) is 4.65 Å². The molecule has 0 radical (unpaired) electrons. The molecule has 0 fully saturated rings. The Balaban J connectivity index is 2.64. The fourth-order valence-electron chi connectivity index (χ4n) is 3.76. The van der Waals surface area contributed by atoms with Crippen LogP contribution in [0.3, 0.4) is 0 Å². The average molecular weight is 308 g/mol. The molecule has 0 bridgehead atoms. The minimum Gasteiger partial charge on any atom is -0.427 e. The number of aryl methyl sites for hydroxylation is 6. The number of benzene rings is 2. The molecule has 2 rings (SSSR count). The highest BCUT2D eigenvalue weighted by Gasteiger charge is 2.28. The van der Waals surface area contributed by atoms with Crippen LogP contribution in [0.5, 0.6) is 0 Å². The maximum atomic E-state index is 6.37. The third kappa shape index (κ3) is 3.87. The van der Waals surface area contributed by atoms with Gasteiger partial charge in [0.25, 0.3) is 0 Å². The van der Waals surface area contributed by atoms with Crippen LogP contribution in [0.4, 0.5) is 0 Å². The third-order valence-electron chi connectivity index (χ3n) is 4.49. The molecule has 2 heteroatoms. The third-order valence-corrected chi connectivity index (χ3v) is 4.49. The molecule has 0 aliphatic heterocycles. The molecule has 23 heavy (non-hydrogen) atoms. The van der Waals surface area contributed by atoms with Crippen LogP contribution in [0.15, 0.2) is 24.3 Å². The molecule has 0 atom stereocenters. The van der Waals surface area contributed by atoms with E-state index in [1.807, 2.05) is 0 Å². The van der Waals surface area contributed by atoms with Gasteiger partial charge < -0.3 is 4.65 Å². The zero-order valence-electron chi connectivity index (χ0n) is 15.7. The lowest BCUT2D eigenvalue weighted by atomic mass is 9.50. The monoisotopic (exact) mass is 308 g/mol. The van der Waals surface area contributed by atoms with E-state index in [1.54, 1.807) is 0 Å². The summed E-state index contributed by atoms with van der Waals surface area (Å²) in [5, 5.41) is 0. The Labute approximate surface area is 142 Å². The van der Waals surface area contributed by atoms with Crippen molar-refractivity contribution in [3.63, 3.8) is 0 Å². The molecule has 0 aromatic heterocycles. The van der Waals surface area contributed by atoms with Gasteiger partial charge in [0.1, 0.15) is 0 Å². The van der Waals surface area contributed by atoms with E-state index in [9.17, 15) is 0 Å². The number of hydrogen-bond donors (Lipinski definition) is 0. The molecule has 0 spiro atoms. The van der Waals surface area contributed by atoms with Crippen LogP contribution in [0.2, 0.25) is 0 Å². The molecule has 0 heterocycles. The lowest BCUT2D eigenvalue weighted by molar-refractivity contribution is 0.332. The van der Waals surface area contributed by atoms with Crippen molar-refractivity contribution < 1.29 is 4.65 Å². The number of hydrogen-bond acceptors (Lipinski definition) is 1. The van der Waals surface area contributed by atoms with E-state index in [-0.39, 0.29) is 6.92 Å². The second-order valence-electron chi connectivity index (χ2n) is 6.88. The van der Waals surface area contributed by atoms with E-state index in [1.165, 1.54) is 44.3 Å². The Bertz CT molecular complexity index is 599. The molecule has 0 unspecified atom stereocenters. The van der Waals surface area contributed by atoms with Gasteiger partial charge in [0.05, 0.1) is 0 Å². The van der Waals surface area contributed by atoms with Gasteiger partial charge in [-0.1, -0.05) is 64.6 Å². The first kappa shape index (κ1) is 17.8. The number of rotatable bonds is 5. The van der Waals surface area contributed by atoms with Crippen LogP contribution in [0, 0.1) is 41.5 Å². The van der Waals surface area contributed by atoms with Crippen molar-refractivity contribution in [2.75, 3.05) is 6.61 Å². The van der Waals surface area contributed by atoms with E-state index in [0.29, 0.717) is 0 Å². The largest absolute Gasteiger partial charge is 0.427 e. The molecular formula is C21H29BO. The van der Waals surface area contributed by atoms with Gasteiger partial charge in [-0.2, -0.15) is 0 Å². The van der Waals surface area contributed by atoms with Crippen LogP contribution in [0.25, 0.3) is 0 Å². The second kappa shape index (κ2) is 7.36. The van der Waals surface area contributed by atoms with Crippen molar-refractivity contribution >= 4 is 17.8 Å². The predicted octanol–water partition coefficient (Wildman–Crippen LogP) is 4.07. The summed E-state index contributed by atoms with van der Waals surface area (Å²) in [5.74, 6) is 0. The first-order valence-corrected chi connectivity index (χ1v) is 8.62. The average Bonchev–Trinajstić information content (AvgIpc) is 2.41. The molecule has 2 aromatic carbocycles. The molecule has 0 amide bonds. The molecule has 0 N–H and O–H groups in total. The van der Waals surface area contributed by atoms with E-state index in [0.717, 1.165) is 13.0 Å².